The molecule has 1 atom stereocenters. The fourth-order valence-corrected chi connectivity index (χ4v) is 5.29. The molecule has 1 heteroatoms. The molecule has 1 N–H and O–H groups in total. The number of hydrogen-bond acceptors (Lipinski definition) is 1. The quantitative estimate of drug-likeness (QED) is 0.768. The van der Waals surface area contributed by atoms with Gasteiger partial charge < -0.3 is 5.11 Å². The van der Waals surface area contributed by atoms with Crippen LogP contribution < -0.4 is 0 Å². The molecule has 4 bridgehead atoms. The SMILES string of the molecule is CCCCC(O)C12CC3CC(CC(C3)C1)C2. The van der Waals surface area contributed by atoms with Crippen molar-refractivity contribution >= 4 is 0 Å². The second-order valence-electron chi connectivity index (χ2n) is 6.94. The summed E-state index contributed by atoms with van der Waals surface area (Å²) in [6.07, 6.45) is 12.0. The van der Waals surface area contributed by atoms with Crippen molar-refractivity contribution in [1.82, 2.24) is 0 Å². The average Bonchev–Trinajstić information content (AvgIpc) is 2.24. The zero-order chi connectivity index (χ0) is 11.2. The summed E-state index contributed by atoms with van der Waals surface area (Å²) in [5, 5.41) is 10.5. The van der Waals surface area contributed by atoms with Gasteiger partial charge in [-0.15, -0.1) is 0 Å². The highest BCUT2D eigenvalue weighted by Gasteiger charge is 2.53. The summed E-state index contributed by atoms with van der Waals surface area (Å²) >= 11 is 0. The lowest BCUT2D eigenvalue weighted by molar-refractivity contribution is -0.122. The Hall–Kier alpha value is -0.0400. The van der Waals surface area contributed by atoms with Gasteiger partial charge in [0.15, 0.2) is 0 Å². The Kier molecular flexibility index (Phi) is 2.78. The zero-order valence-corrected chi connectivity index (χ0v) is 10.6. The Labute approximate surface area is 99.6 Å². The van der Waals surface area contributed by atoms with E-state index < -0.39 is 0 Å². The van der Waals surface area contributed by atoms with Crippen molar-refractivity contribution in [2.24, 2.45) is 23.2 Å². The van der Waals surface area contributed by atoms with Crippen molar-refractivity contribution in [3.63, 3.8) is 0 Å². The van der Waals surface area contributed by atoms with Crippen LogP contribution in [-0.2, 0) is 0 Å². The lowest BCUT2D eigenvalue weighted by Crippen LogP contribution is -2.51. The molecule has 0 aromatic rings. The Morgan fingerprint density at radius 1 is 1.06 bits per heavy atom. The molecule has 0 radical (unpaired) electrons. The maximum absolute atomic E-state index is 10.5. The van der Waals surface area contributed by atoms with E-state index >= 15 is 0 Å². The van der Waals surface area contributed by atoms with Gasteiger partial charge in [-0.1, -0.05) is 19.8 Å². The van der Waals surface area contributed by atoms with Crippen molar-refractivity contribution in [1.29, 1.82) is 0 Å². The largest absolute Gasteiger partial charge is 0.393 e. The summed E-state index contributed by atoms with van der Waals surface area (Å²) < 4.78 is 0. The number of aliphatic hydroxyl groups excluding tert-OH is 1. The molecule has 92 valence electrons. The van der Waals surface area contributed by atoms with Gasteiger partial charge in [-0.25, -0.2) is 0 Å². The van der Waals surface area contributed by atoms with Crippen LogP contribution in [0.15, 0.2) is 0 Å². The Morgan fingerprint density at radius 3 is 2.00 bits per heavy atom. The van der Waals surface area contributed by atoms with Gasteiger partial charge >= 0.3 is 0 Å². The van der Waals surface area contributed by atoms with Crippen LogP contribution in [0, 0.1) is 23.2 Å². The van der Waals surface area contributed by atoms with Crippen LogP contribution in [0.4, 0.5) is 0 Å². The highest BCUT2D eigenvalue weighted by atomic mass is 16.3. The molecule has 0 amide bonds. The standard InChI is InChI=1S/C15H26O/c1-2-3-4-14(16)15-8-11-5-12(9-15)7-13(6-11)10-15/h11-14,16H,2-10H2,1H3. The summed E-state index contributed by atoms with van der Waals surface area (Å²) in [6, 6.07) is 0. The van der Waals surface area contributed by atoms with E-state index in [4.69, 9.17) is 0 Å². The van der Waals surface area contributed by atoms with E-state index in [1.807, 2.05) is 0 Å². The maximum atomic E-state index is 10.5. The summed E-state index contributed by atoms with van der Waals surface area (Å²) in [5.41, 5.74) is 0.365. The highest BCUT2D eigenvalue weighted by Crippen LogP contribution is 2.61. The third-order valence-corrected chi connectivity index (χ3v) is 5.62. The average molecular weight is 222 g/mol. The molecule has 4 rings (SSSR count). The minimum Gasteiger partial charge on any atom is -0.393 e. The van der Waals surface area contributed by atoms with Gasteiger partial charge in [0.05, 0.1) is 6.10 Å². The third kappa shape index (κ3) is 1.72. The fraction of sp³-hybridized carbons (Fsp3) is 1.00. The summed E-state index contributed by atoms with van der Waals surface area (Å²) in [4.78, 5) is 0. The first-order valence-corrected chi connectivity index (χ1v) is 7.40. The van der Waals surface area contributed by atoms with Crippen LogP contribution >= 0.6 is 0 Å². The van der Waals surface area contributed by atoms with Gasteiger partial charge in [-0.2, -0.15) is 0 Å². The number of rotatable bonds is 4. The summed E-state index contributed by atoms with van der Waals surface area (Å²) in [7, 11) is 0. The molecule has 1 nitrogen and oxygen atoms in total. The third-order valence-electron chi connectivity index (χ3n) is 5.62. The first-order valence-electron chi connectivity index (χ1n) is 7.40. The minimum atomic E-state index is 0.0147. The molecule has 0 saturated heterocycles. The van der Waals surface area contributed by atoms with Crippen LogP contribution in [0.2, 0.25) is 0 Å². The topological polar surface area (TPSA) is 20.2 Å². The molecule has 0 heterocycles. The van der Waals surface area contributed by atoms with Gasteiger partial charge in [0.25, 0.3) is 0 Å². The van der Waals surface area contributed by atoms with Gasteiger partial charge in [0.1, 0.15) is 0 Å². The van der Waals surface area contributed by atoms with Crippen molar-refractivity contribution in [3.05, 3.63) is 0 Å². The van der Waals surface area contributed by atoms with Crippen molar-refractivity contribution in [3.8, 4) is 0 Å². The van der Waals surface area contributed by atoms with Crippen LogP contribution in [0.25, 0.3) is 0 Å². The van der Waals surface area contributed by atoms with Crippen LogP contribution in [0.5, 0.6) is 0 Å². The Balaban J connectivity index is 1.72. The second-order valence-corrected chi connectivity index (χ2v) is 6.94. The van der Waals surface area contributed by atoms with E-state index in [-0.39, 0.29) is 6.10 Å². The van der Waals surface area contributed by atoms with E-state index in [1.165, 1.54) is 51.4 Å². The molecule has 4 aliphatic carbocycles. The molecule has 0 aromatic carbocycles. The first kappa shape index (κ1) is 11.1. The number of hydrogen-bond donors (Lipinski definition) is 1. The first-order chi connectivity index (χ1) is 7.72. The molecular formula is C15H26O. The molecular weight excluding hydrogens is 196 g/mol. The van der Waals surface area contributed by atoms with Crippen LogP contribution in [0.3, 0.4) is 0 Å². The van der Waals surface area contributed by atoms with E-state index in [2.05, 4.69) is 6.92 Å². The molecule has 4 saturated carbocycles. The fourth-order valence-electron chi connectivity index (χ4n) is 5.29. The number of aliphatic hydroxyl groups is 1. The van der Waals surface area contributed by atoms with E-state index in [1.54, 1.807) is 0 Å². The lowest BCUT2D eigenvalue weighted by Gasteiger charge is -2.58. The maximum Gasteiger partial charge on any atom is 0.0596 e. The van der Waals surface area contributed by atoms with Gasteiger partial charge in [0, 0.05) is 0 Å². The van der Waals surface area contributed by atoms with Gasteiger partial charge in [-0.05, 0) is 68.1 Å². The Morgan fingerprint density at radius 2 is 1.56 bits per heavy atom. The summed E-state index contributed by atoms with van der Waals surface area (Å²) in [6.45, 7) is 2.23. The smallest absolute Gasteiger partial charge is 0.0596 e. The molecule has 4 aliphatic rings. The molecule has 0 aromatic heterocycles. The van der Waals surface area contributed by atoms with E-state index in [9.17, 15) is 5.11 Å². The predicted molar refractivity (Wildman–Crippen MR) is 66.1 cm³/mol. The molecule has 1 unspecified atom stereocenters. The normalized spacial score (nSPS) is 47.2. The predicted octanol–water partition coefficient (Wildman–Crippen LogP) is 3.75. The lowest BCUT2D eigenvalue weighted by atomic mass is 9.48. The molecule has 0 aliphatic heterocycles. The monoisotopic (exact) mass is 222 g/mol. The van der Waals surface area contributed by atoms with E-state index in [0.29, 0.717) is 5.41 Å². The van der Waals surface area contributed by atoms with Crippen molar-refractivity contribution in [2.45, 2.75) is 70.8 Å². The van der Waals surface area contributed by atoms with Crippen LogP contribution in [0.1, 0.15) is 64.7 Å². The molecule has 0 spiro atoms. The minimum absolute atomic E-state index is 0.0147. The molecule has 4 fully saturated rings. The van der Waals surface area contributed by atoms with Gasteiger partial charge in [-0.3, -0.25) is 0 Å². The van der Waals surface area contributed by atoms with Gasteiger partial charge in [0.2, 0.25) is 0 Å². The zero-order valence-electron chi connectivity index (χ0n) is 10.6. The van der Waals surface area contributed by atoms with Crippen molar-refractivity contribution in [2.75, 3.05) is 0 Å². The highest BCUT2D eigenvalue weighted by molar-refractivity contribution is 5.04. The van der Waals surface area contributed by atoms with E-state index in [0.717, 1.165) is 24.2 Å². The molecule has 16 heavy (non-hydrogen) atoms. The number of unbranched alkanes of at least 4 members (excludes halogenated alkanes) is 1. The van der Waals surface area contributed by atoms with Crippen molar-refractivity contribution < 1.29 is 5.11 Å². The second kappa shape index (κ2) is 4.01. The summed E-state index contributed by atoms with van der Waals surface area (Å²) in [5.74, 6) is 2.92. The Bertz CT molecular complexity index is 223. The van der Waals surface area contributed by atoms with Crippen LogP contribution in [-0.4, -0.2) is 11.2 Å².